The summed E-state index contributed by atoms with van der Waals surface area (Å²) < 4.78 is 11.2. The summed E-state index contributed by atoms with van der Waals surface area (Å²) in [6.45, 7) is 0.850. The Morgan fingerprint density at radius 2 is 1.38 bits per heavy atom. The van der Waals surface area contributed by atoms with Crippen molar-refractivity contribution in [2.75, 3.05) is 13.7 Å². The fourth-order valence-corrected chi connectivity index (χ4v) is 4.16. The number of hydrogen-bond donors (Lipinski definition) is 1. The molecule has 0 amide bonds. The van der Waals surface area contributed by atoms with Gasteiger partial charge in [-0.3, -0.25) is 0 Å². The molecular formula is C21H33NO2. The van der Waals surface area contributed by atoms with Crippen LogP contribution in [0.2, 0.25) is 0 Å². The van der Waals surface area contributed by atoms with Crippen molar-refractivity contribution < 1.29 is 9.47 Å². The van der Waals surface area contributed by atoms with Gasteiger partial charge in [-0.05, 0) is 68.7 Å². The molecule has 3 rings (SSSR count). The molecule has 2 saturated carbocycles. The van der Waals surface area contributed by atoms with E-state index in [4.69, 9.17) is 9.47 Å². The molecule has 0 spiro atoms. The van der Waals surface area contributed by atoms with E-state index >= 15 is 0 Å². The lowest BCUT2D eigenvalue weighted by molar-refractivity contribution is 0.185. The van der Waals surface area contributed by atoms with Crippen molar-refractivity contribution in [1.29, 1.82) is 0 Å². The fraction of sp³-hybridized carbons (Fsp3) is 0.714. The maximum absolute atomic E-state index is 5.97. The summed E-state index contributed by atoms with van der Waals surface area (Å²) in [6.07, 6.45) is 13.7. The summed E-state index contributed by atoms with van der Waals surface area (Å²) >= 11 is 0. The van der Waals surface area contributed by atoms with Gasteiger partial charge in [0.2, 0.25) is 0 Å². The normalized spacial score (nSPS) is 25.9. The molecule has 0 bridgehead atoms. The van der Waals surface area contributed by atoms with Crippen LogP contribution in [0.4, 0.5) is 0 Å². The predicted molar refractivity (Wildman–Crippen MR) is 98.9 cm³/mol. The van der Waals surface area contributed by atoms with Gasteiger partial charge in [-0.2, -0.15) is 0 Å². The van der Waals surface area contributed by atoms with Gasteiger partial charge in [-0.15, -0.1) is 0 Å². The van der Waals surface area contributed by atoms with Crippen molar-refractivity contribution in [2.24, 2.45) is 5.92 Å². The number of ether oxygens (including phenoxy) is 2. The summed E-state index contributed by atoms with van der Waals surface area (Å²) in [5, 5.41) is 3.95. The summed E-state index contributed by atoms with van der Waals surface area (Å²) in [5.74, 6) is 2.54. The molecule has 1 N–H and O–H groups in total. The third-order valence-electron chi connectivity index (χ3n) is 5.72. The van der Waals surface area contributed by atoms with E-state index in [0.717, 1.165) is 30.2 Å². The van der Waals surface area contributed by atoms with E-state index in [9.17, 15) is 0 Å². The highest BCUT2D eigenvalue weighted by Crippen LogP contribution is 2.27. The van der Waals surface area contributed by atoms with Crippen LogP contribution in [0.5, 0.6) is 11.5 Å². The minimum absolute atomic E-state index is 0.708. The summed E-state index contributed by atoms with van der Waals surface area (Å²) in [7, 11) is 1.69. The zero-order valence-electron chi connectivity index (χ0n) is 15.1. The molecule has 2 fully saturated rings. The average molecular weight is 332 g/mol. The highest BCUT2D eigenvalue weighted by molar-refractivity contribution is 5.31. The van der Waals surface area contributed by atoms with E-state index in [0.29, 0.717) is 5.92 Å². The van der Waals surface area contributed by atoms with Crippen molar-refractivity contribution in [1.82, 2.24) is 5.32 Å². The number of hydrogen-bond acceptors (Lipinski definition) is 3. The van der Waals surface area contributed by atoms with E-state index in [1.807, 2.05) is 24.3 Å². The molecule has 134 valence electrons. The lowest BCUT2D eigenvalue weighted by atomic mass is 9.86. The van der Waals surface area contributed by atoms with Gasteiger partial charge in [-0.1, -0.05) is 25.7 Å². The zero-order chi connectivity index (χ0) is 16.6. The second-order valence-electron chi connectivity index (χ2n) is 7.56. The van der Waals surface area contributed by atoms with Crippen LogP contribution in [-0.4, -0.2) is 25.8 Å². The Balaban J connectivity index is 1.35. The highest BCUT2D eigenvalue weighted by Gasteiger charge is 2.24. The van der Waals surface area contributed by atoms with Gasteiger partial charge in [-0.25, -0.2) is 0 Å². The number of benzene rings is 1. The molecule has 24 heavy (non-hydrogen) atoms. The molecule has 0 unspecified atom stereocenters. The molecule has 3 nitrogen and oxygen atoms in total. The van der Waals surface area contributed by atoms with Gasteiger partial charge in [0.25, 0.3) is 0 Å². The summed E-state index contributed by atoms with van der Waals surface area (Å²) in [4.78, 5) is 0. The van der Waals surface area contributed by atoms with Crippen LogP contribution in [0, 0.1) is 5.92 Å². The molecule has 0 heterocycles. The molecule has 0 aliphatic heterocycles. The Hall–Kier alpha value is -1.22. The van der Waals surface area contributed by atoms with E-state index in [1.165, 1.54) is 64.2 Å². The van der Waals surface area contributed by atoms with Crippen LogP contribution in [0.15, 0.2) is 24.3 Å². The fourth-order valence-electron chi connectivity index (χ4n) is 4.16. The van der Waals surface area contributed by atoms with E-state index < -0.39 is 0 Å². The molecule has 0 saturated heterocycles. The monoisotopic (exact) mass is 331 g/mol. The molecule has 1 aromatic rings. The SMILES string of the molecule is COc1ccc(OC[C@H]2CC[C@H](NC3CCCCCC3)CC2)cc1. The molecule has 3 heteroatoms. The minimum Gasteiger partial charge on any atom is -0.497 e. The molecule has 0 atom stereocenters. The van der Waals surface area contributed by atoms with Crippen LogP contribution < -0.4 is 14.8 Å². The Morgan fingerprint density at radius 1 is 0.792 bits per heavy atom. The zero-order valence-corrected chi connectivity index (χ0v) is 15.1. The standard InChI is InChI=1S/C21H33NO2/c1-23-20-12-14-21(15-13-20)24-16-17-8-10-19(11-9-17)22-18-6-4-2-3-5-7-18/h12-15,17-19,22H,2-11,16H2,1H3/t17-,19-. The van der Waals surface area contributed by atoms with Crippen LogP contribution in [0.1, 0.15) is 64.2 Å². The van der Waals surface area contributed by atoms with Crippen LogP contribution >= 0.6 is 0 Å². The van der Waals surface area contributed by atoms with Gasteiger partial charge < -0.3 is 14.8 Å². The first kappa shape index (κ1) is 17.6. The first-order valence-corrected chi connectivity index (χ1v) is 9.86. The van der Waals surface area contributed by atoms with Crippen molar-refractivity contribution in [2.45, 2.75) is 76.3 Å². The maximum Gasteiger partial charge on any atom is 0.119 e. The molecule has 0 aromatic heterocycles. The first-order chi connectivity index (χ1) is 11.8. The quantitative estimate of drug-likeness (QED) is 0.749. The van der Waals surface area contributed by atoms with E-state index in [-0.39, 0.29) is 0 Å². The molecular weight excluding hydrogens is 298 g/mol. The Labute approximate surface area is 147 Å². The maximum atomic E-state index is 5.97. The van der Waals surface area contributed by atoms with Crippen LogP contribution in [-0.2, 0) is 0 Å². The number of methoxy groups -OCH3 is 1. The second kappa shape index (κ2) is 9.31. The Morgan fingerprint density at radius 3 is 2.00 bits per heavy atom. The topological polar surface area (TPSA) is 30.5 Å². The van der Waals surface area contributed by atoms with E-state index in [1.54, 1.807) is 7.11 Å². The lowest BCUT2D eigenvalue weighted by Gasteiger charge is -2.32. The Kier molecular flexibility index (Phi) is 6.83. The van der Waals surface area contributed by atoms with E-state index in [2.05, 4.69) is 5.32 Å². The van der Waals surface area contributed by atoms with Gasteiger partial charge in [0.05, 0.1) is 13.7 Å². The highest BCUT2D eigenvalue weighted by atomic mass is 16.5. The van der Waals surface area contributed by atoms with Crippen molar-refractivity contribution in [3.8, 4) is 11.5 Å². The average Bonchev–Trinajstić information content (AvgIpc) is 2.90. The molecule has 1 aromatic carbocycles. The predicted octanol–water partition coefficient (Wildman–Crippen LogP) is 4.95. The number of nitrogens with one attached hydrogen (secondary N) is 1. The van der Waals surface area contributed by atoms with Crippen LogP contribution in [0.25, 0.3) is 0 Å². The van der Waals surface area contributed by atoms with Crippen LogP contribution in [0.3, 0.4) is 0 Å². The second-order valence-corrected chi connectivity index (χ2v) is 7.56. The molecule has 0 radical (unpaired) electrons. The largest absolute Gasteiger partial charge is 0.497 e. The van der Waals surface area contributed by atoms with Crippen molar-refractivity contribution >= 4 is 0 Å². The van der Waals surface area contributed by atoms with Gasteiger partial charge in [0.15, 0.2) is 0 Å². The smallest absolute Gasteiger partial charge is 0.119 e. The van der Waals surface area contributed by atoms with Crippen molar-refractivity contribution in [3.63, 3.8) is 0 Å². The van der Waals surface area contributed by atoms with Gasteiger partial charge in [0, 0.05) is 12.1 Å². The molecule has 2 aliphatic carbocycles. The van der Waals surface area contributed by atoms with Gasteiger partial charge in [0.1, 0.15) is 11.5 Å². The summed E-state index contributed by atoms with van der Waals surface area (Å²) in [5.41, 5.74) is 0. The lowest BCUT2D eigenvalue weighted by Crippen LogP contribution is -2.40. The third kappa shape index (κ3) is 5.41. The summed E-state index contributed by atoms with van der Waals surface area (Å²) in [6, 6.07) is 9.44. The first-order valence-electron chi connectivity index (χ1n) is 9.86. The molecule has 2 aliphatic rings. The Bertz CT molecular complexity index is 457. The number of rotatable bonds is 6. The third-order valence-corrected chi connectivity index (χ3v) is 5.72. The van der Waals surface area contributed by atoms with Gasteiger partial charge >= 0.3 is 0 Å². The minimum atomic E-state index is 0.708. The van der Waals surface area contributed by atoms with Crippen molar-refractivity contribution in [3.05, 3.63) is 24.3 Å².